The number of likely N-dealkylation sites (N-methyl/N-ethyl adjacent to an activating group) is 1. The highest BCUT2D eigenvalue weighted by Crippen LogP contribution is 2.14. The van der Waals surface area contributed by atoms with Crippen LogP contribution in [-0.4, -0.2) is 80.0 Å². The molecule has 6 nitrogen and oxygen atoms in total. The Hall–Kier alpha value is -1.63. The van der Waals surface area contributed by atoms with Crippen molar-refractivity contribution in [2.45, 2.75) is 13.0 Å². The first-order valence-electron chi connectivity index (χ1n) is 7.96. The number of benzene rings is 1. The normalized spacial score (nSPS) is 18.3. The van der Waals surface area contributed by atoms with Crippen LogP contribution in [0.3, 0.4) is 0 Å². The minimum Gasteiger partial charge on any atom is -0.484 e. The van der Waals surface area contributed by atoms with Crippen LogP contribution in [0.15, 0.2) is 24.3 Å². The Balaban J connectivity index is 1.89. The summed E-state index contributed by atoms with van der Waals surface area (Å²) in [6.07, 6.45) is 0. The molecule has 0 unspecified atom stereocenters. The average molecular weight is 322 g/mol. The molecular weight excluding hydrogens is 296 g/mol. The molecule has 0 radical (unpaired) electrons. The van der Waals surface area contributed by atoms with Gasteiger partial charge in [-0.2, -0.15) is 0 Å². The van der Waals surface area contributed by atoms with Crippen molar-refractivity contribution >= 4 is 5.91 Å². The van der Waals surface area contributed by atoms with Gasteiger partial charge in [0.2, 0.25) is 0 Å². The topological polar surface area (TPSA) is 62.2 Å². The molecule has 1 saturated heterocycles. The molecule has 0 spiro atoms. The molecule has 6 heteroatoms. The van der Waals surface area contributed by atoms with Crippen LogP contribution in [0.2, 0.25) is 0 Å². The third-order valence-electron chi connectivity index (χ3n) is 3.90. The molecule has 1 aromatic carbocycles. The van der Waals surface area contributed by atoms with Gasteiger partial charge in [0.25, 0.3) is 5.91 Å². The molecule has 1 aliphatic heterocycles. The summed E-state index contributed by atoms with van der Waals surface area (Å²) in [5, 5.41) is 9.00. The fourth-order valence-electron chi connectivity index (χ4n) is 2.69. The molecule has 0 aliphatic carbocycles. The van der Waals surface area contributed by atoms with E-state index in [0.29, 0.717) is 38.6 Å². The third kappa shape index (κ3) is 5.49. The van der Waals surface area contributed by atoms with Crippen LogP contribution in [0.5, 0.6) is 5.75 Å². The summed E-state index contributed by atoms with van der Waals surface area (Å²) in [6, 6.07) is 7.67. The number of carbonyl (C=O) groups is 1. The van der Waals surface area contributed by atoms with E-state index in [9.17, 15) is 4.79 Å². The van der Waals surface area contributed by atoms with E-state index in [1.54, 1.807) is 0 Å². The number of hydrogen-bond donors (Lipinski definition) is 1. The summed E-state index contributed by atoms with van der Waals surface area (Å²) in [7, 11) is 1.93. The summed E-state index contributed by atoms with van der Waals surface area (Å²) >= 11 is 0. The van der Waals surface area contributed by atoms with E-state index in [2.05, 4.69) is 0 Å². The Morgan fingerprint density at radius 1 is 1.52 bits per heavy atom. The van der Waals surface area contributed by atoms with Gasteiger partial charge in [0, 0.05) is 19.6 Å². The Labute approximate surface area is 137 Å². The maximum Gasteiger partial charge on any atom is 0.260 e. The molecule has 23 heavy (non-hydrogen) atoms. The molecule has 1 amide bonds. The SMILES string of the molecule is Cc1cccc(OCC(=O)N2CCOC[C@H]2CN(C)CCO)c1. The van der Waals surface area contributed by atoms with Crippen molar-refractivity contribution in [2.24, 2.45) is 0 Å². The maximum atomic E-state index is 12.5. The van der Waals surface area contributed by atoms with Crippen LogP contribution in [0.4, 0.5) is 0 Å². The molecule has 1 heterocycles. The first-order valence-corrected chi connectivity index (χ1v) is 7.96. The number of ether oxygens (including phenoxy) is 2. The number of hydrogen-bond acceptors (Lipinski definition) is 5. The van der Waals surface area contributed by atoms with Gasteiger partial charge in [0.05, 0.1) is 25.9 Å². The van der Waals surface area contributed by atoms with Gasteiger partial charge in [-0.25, -0.2) is 0 Å². The van der Waals surface area contributed by atoms with Crippen LogP contribution in [0.25, 0.3) is 0 Å². The minimum absolute atomic E-state index is 0.00564. The summed E-state index contributed by atoms with van der Waals surface area (Å²) in [5.41, 5.74) is 1.10. The van der Waals surface area contributed by atoms with Crippen LogP contribution >= 0.6 is 0 Å². The van der Waals surface area contributed by atoms with Gasteiger partial charge in [-0.05, 0) is 31.7 Å². The van der Waals surface area contributed by atoms with Crippen molar-refractivity contribution in [1.29, 1.82) is 0 Å². The van der Waals surface area contributed by atoms with E-state index < -0.39 is 0 Å². The zero-order valence-corrected chi connectivity index (χ0v) is 13.9. The number of aliphatic hydroxyl groups is 1. The highest BCUT2D eigenvalue weighted by molar-refractivity contribution is 5.78. The van der Waals surface area contributed by atoms with Gasteiger partial charge in [-0.1, -0.05) is 12.1 Å². The Morgan fingerprint density at radius 2 is 2.35 bits per heavy atom. The fourth-order valence-corrected chi connectivity index (χ4v) is 2.69. The number of nitrogens with zero attached hydrogens (tertiary/aromatic N) is 2. The Morgan fingerprint density at radius 3 is 3.09 bits per heavy atom. The van der Waals surface area contributed by atoms with Gasteiger partial charge in [0.15, 0.2) is 6.61 Å². The van der Waals surface area contributed by atoms with Gasteiger partial charge < -0.3 is 24.4 Å². The molecule has 0 aromatic heterocycles. The van der Waals surface area contributed by atoms with Gasteiger partial charge in [-0.3, -0.25) is 4.79 Å². The van der Waals surface area contributed by atoms with E-state index in [4.69, 9.17) is 14.6 Å². The average Bonchev–Trinajstić information content (AvgIpc) is 2.53. The summed E-state index contributed by atoms with van der Waals surface area (Å²) in [4.78, 5) is 16.3. The molecule has 1 atom stereocenters. The van der Waals surface area contributed by atoms with E-state index in [1.165, 1.54) is 0 Å². The summed E-state index contributed by atoms with van der Waals surface area (Å²) in [5.74, 6) is 0.678. The van der Waals surface area contributed by atoms with E-state index in [1.807, 2.05) is 48.0 Å². The minimum atomic E-state index is -0.0304. The van der Waals surface area contributed by atoms with Gasteiger partial charge >= 0.3 is 0 Å². The lowest BCUT2D eigenvalue weighted by Crippen LogP contribution is -2.54. The standard InChI is InChI=1S/C17H26N2O4/c1-14-4-3-5-16(10-14)23-13-17(21)19-7-9-22-12-15(19)11-18(2)6-8-20/h3-5,10,15,20H,6-9,11-13H2,1-2H3/t15-/m1/s1. The Bertz CT molecular complexity index is 509. The Kier molecular flexibility index (Phi) is 6.83. The quantitative estimate of drug-likeness (QED) is 0.793. The zero-order chi connectivity index (χ0) is 16.7. The molecule has 0 bridgehead atoms. The van der Waals surface area contributed by atoms with E-state index >= 15 is 0 Å². The highest BCUT2D eigenvalue weighted by Gasteiger charge is 2.28. The number of rotatable bonds is 7. The second-order valence-electron chi connectivity index (χ2n) is 5.91. The largest absolute Gasteiger partial charge is 0.484 e. The van der Waals surface area contributed by atoms with Crippen molar-refractivity contribution < 1.29 is 19.4 Å². The zero-order valence-electron chi connectivity index (χ0n) is 13.9. The van der Waals surface area contributed by atoms with Crippen LogP contribution in [0, 0.1) is 6.92 Å². The molecule has 1 N–H and O–H groups in total. The van der Waals surface area contributed by atoms with Crippen LogP contribution in [0.1, 0.15) is 5.56 Å². The second kappa shape index (κ2) is 8.86. The molecule has 1 fully saturated rings. The number of aliphatic hydroxyl groups excluding tert-OH is 1. The van der Waals surface area contributed by atoms with Crippen molar-refractivity contribution in [2.75, 3.05) is 53.1 Å². The van der Waals surface area contributed by atoms with Crippen LogP contribution < -0.4 is 4.74 Å². The maximum absolute atomic E-state index is 12.5. The van der Waals surface area contributed by atoms with Gasteiger partial charge in [0.1, 0.15) is 5.75 Å². The predicted octanol–water partition coefficient (Wildman–Crippen LogP) is 0.525. The lowest BCUT2D eigenvalue weighted by molar-refractivity contribution is -0.142. The first-order chi connectivity index (χ1) is 11.1. The number of morpholine rings is 1. The molecule has 1 aliphatic rings. The smallest absolute Gasteiger partial charge is 0.260 e. The fraction of sp³-hybridized carbons (Fsp3) is 0.588. The monoisotopic (exact) mass is 322 g/mol. The van der Waals surface area contributed by atoms with Crippen molar-refractivity contribution in [3.8, 4) is 5.75 Å². The molecular formula is C17H26N2O4. The molecule has 0 saturated carbocycles. The lowest BCUT2D eigenvalue weighted by atomic mass is 10.2. The summed E-state index contributed by atoms with van der Waals surface area (Å²) < 4.78 is 11.1. The molecule has 2 rings (SSSR count). The van der Waals surface area contributed by atoms with Gasteiger partial charge in [-0.15, -0.1) is 0 Å². The number of carbonyl (C=O) groups excluding carboxylic acids is 1. The lowest BCUT2D eigenvalue weighted by Gasteiger charge is -2.37. The molecule has 1 aromatic rings. The predicted molar refractivity (Wildman–Crippen MR) is 87.6 cm³/mol. The molecule has 128 valence electrons. The second-order valence-corrected chi connectivity index (χ2v) is 5.91. The van der Waals surface area contributed by atoms with Crippen molar-refractivity contribution in [1.82, 2.24) is 9.80 Å². The van der Waals surface area contributed by atoms with Crippen molar-refractivity contribution in [3.63, 3.8) is 0 Å². The number of amides is 1. The summed E-state index contributed by atoms with van der Waals surface area (Å²) in [6.45, 7) is 5.03. The van der Waals surface area contributed by atoms with Crippen LogP contribution in [-0.2, 0) is 9.53 Å². The highest BCUT2D eigenvalue weighted by atomic mass is 16.5. The van der Waals surface area contributed by atoms with E-state index in [-0.39, 0.29) is 25.2 Å². The van der Waals surface area contributed by atoms with Crippen molar-refractivity contribution in [3.05, 3.63) is 29.8 Å². The first kappa shape index (κ1) is 17.7. The number of aryl methyl sites for hydroxylation is 1. The third-order valence-corrected chi connectivity index (χ3v) is 3.90. The van der Waals surface area contributed by atoms with E-state index in [0.717, 1.165) is 5.56 Å².